The summed E-state index contributed by atoms with van der Waals surface area (Å²) in [6, 6.07) is 150. The second-order valence-corrected chi connectivity index (χ2v) is 37.6. The van der Waals surface area contributed by atoms with Crippen molar-refractivity contribution < 1.29 is 0 Å². The third-order valence-electron chi connectivity index (χ3n) is 28.4. The highest BCUT2D eigenvalue weighted by Gasteiger charge is 2.41. The number of rotatable bonds is 12. The van der Waals surface area contributed by atoms with Gasteiger partial charge in [-0.1, -0.05) is 345 Å². The standard InChI is InChI=1S/C43H31N3.C42H30N4.C41H29N5/c1-43(2)36-19-11-9-17-32(36)34-26-41-35(25-37(34)43)33-18-10-12-20-40(33)46(41)31-23-21-30(22-24-31)42-44-38(28-13-5-3-6-14-28)27-39(45-42)29-15-7-4-8-16-29;1-42(2)35-22-11-9-20-31(35)33-24-25-34-32-21-10-12-23-36(32)46(38(34)37(33)42)30-19-13-18-29(26-30)41-44-39(27-14-5-3-6-15-27)43-40(45-41)28-16-7-4-8-17-28;1-41(2)34-16-8-6-14-30(34)32-24-37-33(23-35(32)41)31-15-7-9-17-36(31)46(37)29-20-18-27(19-21-29)39-43-38(26-11-4-3-5-12-26)44-40(45-39)28-13-10-22-42-25-28/h3-27H,1-2H3;3-26H,1-2H3;3-25H,1-2H3. The number of pyridine rings is 1. The Morgan fingerprint density at radius 2 is 0.529 bits per heavy atom. The highest BCUT2D eigenvalue weighted by Crippen LogP contribution is 2.56. The average Bonchev–Trinajstić information content (AvgIpc) is 1.56. The minimum Gasteiger partial charge on any atom is -0.309 e. The van der Waals surface area contributed by atoms with Gasteiger partial charge in [0.15, 0.2) is 40.8 Å². The minimum absolute atomic E-state index is 0.0438. The van der Waals surface area contributed by atoms with E-state index in [1.807, 2.05) is 115 Å². The Morgan fingerprint density at radius 3 is 0.964 bits per heavy atom. The molecule has 0 aliphatic heterocycles. The van der Waals surface area contributed by atoms with Crippen LogP contribution in [0.15, 0.2) is 437 Å². The van der Waals surface area contributed by atoms with E-state index in [9.17, 15) is 0 Å². The summed E-state index contributed by atoms with van der Waals surface area (Å²) >= 11 is 0. The normalized spacial score (nSPS) is 13.2. The second kappa shape index (κ2) is 32.9. The predicted octanol–water partition coefficient (Wildman–Crippen LogP) is 30.8. The van der Waals surface area contributed by atoms with Crippen molar-refractivity contribution in [3.05, 3.63) is 470 Å². The molecule has 27 rings (SSSR count). The van der Waals surface area contributed by atoms with Crippen molar-refractivity contribution in [2.75, 3.05) is 0 Å². The Labute approximate surface area is 799 Å². The van der Waals surface area contributed by atoms with Crippen LogP contribution in [0.25, 0.3) is 218 Å². The number of para-hydroxylation sites is 3. The molecule has 0 amide bonds. The maximum absolute atomic E-state index is 5.05. The molecule has 12 nitrogen and oxygen atoms in total. The van der Waals surface area contributed by atoms with Gasteiger partial charge in [0, 0.05) is 128 Å². The zero-order valence-corrected chi connectivity index (χ0v) is 76.9. The lowest BCUT2D eigenvalue weighted by atomic mass is 9.81. The van der Waals surface area contributed by atoms with Crippen LogP contribution in [-0.2, 0) is 16.2 Å². The Balaban J connectivity index is 0.000000110. The molecule has 7 heterocycles. The van der Waals surface area contributed by atoms with Gasteiger partial charge in [-0.05, 0) is 188 Å². The maximum Gasteiger partial charge on any atom is 0.165 e. The molecule has 138 heavy (non-hydrogen) atoms. The fourth-order valence-corrected chi connectivity index (χ4v) is 21.6. The lowest BCUT2D eigenvalue weighted by Gasteiger charge is -2.23. The summed E-state index contributed by atoms with van der Waals surface area (Å²) in [7, 11) is 0. The van der Waals surface area contributed by atoms with Crippen LogP contribution in [-0.4, -0.2) is 58.6 Å². The topological polar surface area (TPSA) is 131 Å². The number of hydrogen-bond donors (Lipinski definition) is 0. The van der Waals surface area contributed by atoms with Crippen LogP contribution in [0.4, 0.5) is 0 Å². The van der Waals surface area contributed by atoms with Crippen LogP contribution < -0.4 is 0 Å². The van der Waals surface area contributed by atoms with Gasteiger partial charge in [-0.25, -0.2) is 39.9 Å². The highest BCUT2D eigenvalue weighted by atomic mass is 15.1. The summed E-state index contributed by atoms with van der Waals surface area (Å²) in [6.45, 7) is 14.1. The van der Waals surface area contributed by atoms with Gasteiger partial charge < -0.3 is 13.7 Å². The maximum atomic E-state index is 5.05. The van der Waals surface area contributed by atoms with Crippen LogP contribution in [0, 0.1) is 0 Å². The van der Waals surface area contributed by atoms with Gasteiger partial charge in [0.05, 0.1) is 44.5 Å². The third kappa shape index (κ3) is 13.8. The fraction of sp³-hybridized carbons (Fsp3) is 0.0714. The van der Waals surface area contributed by atoms with Crippen molar-refractivity contribution in [3.63, 3.8) is 0 Å². The SMILES string of the molecule is CC1(C)c2ccccc2-c2cc3c(cc21)c1ccccc1n3-c1ccc(-c2nc(-c3ccccc3)cc(-c3ccccc3)n2)cc1.CC1(C)c2ccccc2-c2cc3c(cc21)c1ccccc1n3-c1ccc(-c2nc(-c3ccccc3)nc(-c3cccnc3)n2)cc1.CC1(C)c2ccccc2-c2ccc3c4ccccc4n(-c4cccc(-c5nc(-c6ccccc6)nc(-c6ccccc6)n5)c4)c3c21. The minimum atomic E-state index is -0.154. The second-order valence-electron chi connectivity index (χ2n) is 37.6. The largest absolute Gasteiger partial charge is 0.309 e. The van der Waals surface area contributed by atoms with E-state index in [0.29, 0.717) is 40.8 Å². The number of nitrogens with zero attached hydrogens (tertiary/aromatic N) is 12. The first-order valence-electron chi connectivity index (χ1n) is 47.1. The zero-order chi connectivity index (χ0) is 92.5. The van der Waals surface area contributed by atoms with E-state index < -0.39 is 0 Å². The van der Waals surface area contributed by atoms with Crippen molar-refractivity contribution in [1.82, 2.24) is 58.6 Å². The van der Waals surface area contributed by atoms with Crippen molar-refractivity contribution in [2.45, 2.75) is 57.8 Å². The quantitative estimate of drug-likeness (QED) is 0.117. The van der Waals surface area contributed by atoms with E-state index in [4.69, 9.17) is 39.9 Å². The van der Waals surface area contributed by atoms with E-state index >= 15 is 0 Å². The van der Waals surface area contributed by atoms with Gasteiger partial charge in [0.2, 0.25) is 0 Å². The molecule has 0 radical (unpaired) electrons. The summed E-state index contributed by atoms with van der Waals surface area (Å²) in [5.74, 6) is 4.53. The molecule has 24 aromatic rings. The molecule has 0 saturated heterocycles. The molecule has 7 aromatic heterocycles. The zero-order valence-electron chi connectivity index (χ0n) is 76.9. The first kappa shape index (κ1) is 82.3. The average molecular weight is 1770 g/mol. The number of fused-ring (bicyclic) bond motifs is 19. The van der Waals surface area contributed by atoms with E-state index in [1.165, 1.54) is 132 Å². The molecule has 0 saturated carbocycles. The fourth-order valence-electron chi connectivity index (χ4n) is 21.6. The van der Waals surface area contributed by atoms with Gasteiger partial charge in [-0.3, -0.25) is 4.98 Å². The van der Waals surface area contributed by atoms with Crippen molar-refractivity contribution in [2.24, 2.45) is 0 Å². The van der Waals surface area contributed by atoms with Gasteiger partial charge in [0.1, 0.15) is 0 Å². The Hall–Kier alpha value is -17.6. The van der Waals surface area contributed by atoms with Crippen LogP contribution in [0.2, 0.25) is 0 Å². The molecule has 0 spiro atoms. The first-order chi connectivity index (χ1) is 67.7. The molecule has 17 aromatic carbocycles. The molecule has 3 aliphatic carbocycles. The first-order valence-corrected chi connectivity index (χ1v) is 47.1. The summed E-state index contributed by atoms with van der Waals surface area (Å²) < 4.78 is 7.23. The monoisotopic (exact) mass is 1770 g/mol. The molecular weight excluding hydrogens is 1680 g/mol. The van der Waals surface area contributed by atoms with E-state index in [2.05, 4.69) is 370 Å². The Morgan fingerprint density at radius 1 is 0.188 bits per heavy atom. The molecular formula is C126H90N12. The molecule has 0 atom stereocenters. The van der Waals surface area contributed by atoms with Crippen molar-refractivity contribution >= 4 is 65.4 Å². The van der Waals surface area contributed by atoms with Crippen LogP contribution in [0.1, 0.15) is 74.9 Å². The summed E-state index contributed by atoms with van der Waals surface area (Å²) in [4.78, 5) is 44.0. The van der Waals surface area contributed by atoms with E-state index in [1.54, 1.807) is 12.4 Å². The van der Waals surface area contributed by atoms with Crippen LogP contribution in [0.3, 0.4) is 0 Å². The number of benzene rings is 17. The molecule has 0 bridgehead atoms. The van der Waals surface area contributed by atoms with Crippen LogP contribution >= 0.6 is 0 Å². The smallest absolute Gasteiger partial charge is 0.165 e. The van der Waals surface area contributed by atoms with Gasteiger partial charge in [0.25, 0.3) is 0 Å². The summed E-state index contributed by atoms with van der Waals surface area (Å²) in [5, 5.41) is 7.58. The van der Waals surface area contributed by atoms with E-state index in [-0.39, 0.29) is 16.2 Å². The molecule has 654 valence electrons. The molecule has 12 heteroatoms. The Bertz CT molecular complexity index is 8410. The van der Waals surface area contributed by atoms with Gasteiger partial charge in [-0.2, -0.15) is 0 Å². The Kier molecular flexibility index (Phi) is 19.6. The summed E-state index contributed by atoms with van der Waals surface area (Å²) in [6.07, 6.45) is 3.54. The molecule has 3 aliphatic rings. The van der Waals surface area contributed by atoms with Gasteiger partial charge >= 0.3 is 0 Å². The lowest BCUT2D eigenvalue weighted by molar-refractivity contribution is 0.661. The molecule has 0 fully saturated rings. The highest BCUT2D eigenvalue weighted by molar-refractivity contribution is 6.15. The molecule has 0 unspecified atom stereocenters. The van der Waals surface area contributed by atoms with Crippen molar-refractivity contribution in [3.8, 4) is 153 Å². The van der Waals surface area contributed by atoms with Crippen LogP contribution in [0.5, 0.6) is 0 Å². The molecule has 0 N–H and O–H groups in total. The summed E-state index contributed by atoms with van der Waals surface area (Å²) in [5.41, 5.74) is 37.0. The predicted molar refractivity (Wildman–Crippen MR) is 564 cm³/mol. The van der Waals surface area contributed by atoms with Gasteiger partial charge in [-0.15, -0.1) is 0 Å². The number of aromatic nitrogens is 12. The lowest BCUT2D eigenvalue weighted by Crippen LogP contribution is -2.16. The van der Waals surface area contributed by atoms with Crippen molar-refractivity contribution in [1.29, 1.82) is 0 Å². The third-order valence-corrected chi connectivity index (χ3v) is 28.4. The number of hydrogen-bond acceptors (Lipinski definition) is 9. The van der Waals surface area contributed by atoms with E-state index in [0.717, 1.165) is 78.5 Å².